The lowest BCUT2D eigenvalue weighted by Crippen LogP contribution is -2.42. The molecule has 6 nitrogen and oxygen atoms in total. The van der Waals surface area contributed by atoms with E-state index in [1.54, 1.807) is 11.3 Å². The van der Waals surface area contributed by atoms with Crippen molar-refractivity contribution in [3.05, 3.63) is 29.3 Å². The number of aromatic nitrogens is 1. The van der Waals surface area contributed by atoms with Crippen molar-refractivity contribution in [3.63, 3.8) is 0 Å². The molecule has 23 heavy (non-hydrogen) atoms. The minimum absolute atomic E-state index is 0.224. The molecule has 1 aromatic heterocycles. The van der Waals surface area contributed by atoms with Gasteiger partial charge in [0.25, 0.3) is 0 Å². The molecule has 0 saturated carbocycles. The molecule has 1 N–H and O–H groups in total. The summed E-state index contributed by atoms with van der Waals surface area (Å²) in [7, 11) is 1.24. The maximum atomic E-state index is 11.7. The summed E-state index contributed by atoms with van der Waals surface area (Å²) in [6.45, 7) is 1.88. The number of nitrogens with zero attached hydrogens (tertiary/aromatic N) is 2. The highest BCUT2D eigenvalue weighted by atomic mass is 32.1. The maximum Gasteiger partial charge on any atom is 0.413 e. The first kappa shape index (κ1) is 15.9. The van der Waals surface area contributed by atoms with Crippen molar-refractivity contribution in [2.75, 3.05) is 26.7 Å². The topological polar surface area (TPSA) is 71.5 Å². The molecular formula is C16H19N3O3S. The van der Waals surface area contributed by atoms with Gasteiger partial charge in [-0.3, -0.25) is 15.0 Å². The molecule has 0 spiro atoms. The van der Waals surface area contributed by atoms with E-state index in [9.17, 15) is 9.59 Å². The van der Waals surface area contributed by atoms with Crippen molar-refractivity contribution in [1.82, 2.24) is 15.2 Å². The Balaban J connectivity index is 1.54. The highest BCUT2D eigenvalue weighted by Crippen LogP contribution is 2.33. The summed E-state index contributed by atoms with van der Waals surface area (Å²) in [5.41, 5.74) is 1.06. The first-order chi connectivity index (χ1) is 11.2. The molecular weight excluding hydrogens is 314 g/mol. The number of likely N-dealkylation sites (tertiary alicyclic amines) is 1. The summed E-state index contributed by atoms with van der Waals surface area (Å²) in [6.07, 6.45) is 1.25. The second-order valence-electron chi connectivity index (χ2n) is 5.61. The van der Waals surface area contributed by atoms with Gasteiger partial charge in [-0.1, -0.05) is 12.1 Å². The number of methoxy groups -OCH3 is 1. The molecule has 7 heteroatoms. The standard InChI is InChI=1S/C16H19N3O3S/c1-22-16(21)18-14(20)10-19-8-6-11(7-9-19)15-17-12-4-2-3-5-13(12)23-15/h2-5,11H,6-10H2,1H3,(H,18,20,21). The average Bonchev–Trinajstić information content (AvgIpc) is 2.99. The van der Waals surface area contributed by atoms with Crippen LogP contribution in [0.15, 0.2) is 24.3 Å². The van der Waals surface area contributed by atoms with Gasteiger partial charge in [-0.05, 0) is 38.1 Å². The fourth-order valence-corrected chi connectivity index (χ4v) is 3.95. The second-order valence-corrected chi connectivity index (χ2v) is 6.67. The number of hydrogen-bond donors (Lipinski definition) is 1. The number of nitrogens with one attached hydrogen (secondary N) is 1. The van der Waals surface area contributed by atoms with Gasteiger partial charge in [0.1, 0.15) is 0 Å². The molecule has 2 aromatic rings. The molecule has 2 heterocycles. The molecule has 0 bridgehead atoms. The van der Waals surface area contributed by atoms with Crippen LogP contribution >= 0.6 is 11.3 Å². The van der Waals surface area contributed by atoms with Crippen LogP contribution < -0.4 is 5.32 Å². The number of hydrogen-bond acceptors (Lipinski definition) is 6. The summed E-state index contributed by atoms with van der Waals surface area (Å²) < 4.78 is 5.64. The molecule has 0 atom stereocenters. The van der Waals surface area contributed by atoms with Crippen LogP contribution in [0.25, 0.3) is 10.2 Å². The van der Waals surface area contributed by atoms with Crippen LogP contribution in [0.3, 0.4) is 0 Å². The van der Waals surface area contributed by atoms with Crippen LogP contribution in [0.4, 0.5) is 4.79 Å². The highest BCUT2D eigenvalue weighted by Gasteiger charge is 2.24. The number of fused-ring (bicyclic) bond motifs is 1. The number of ether oxygens (including phenoxy) is 1. The molecule has 3 rings (SSSR count). The second kappa shape index (κ2) is 7.06. The Morgan fingerprint density at radius 1 is 1.35 bits per heavy atom. The van der Waals surface area contributed by atoms with Gasteiger partial charge in [0.15, 0.2) is 0 Å². The van der Waals surface area contributed by atoms with Gasteiger partial charge < -0.3 is 4.74 Å². The van der Waals surface area contributed by atoms with Gasteiger partial charge in [-0.2, -0.15) is 0 Å². The van der Waals surface area contributed by atoms with Gasteiger partial charge >= 0.3 is 6.09 Å². The molecule has 0 radical (unpaired) electrons. The molecule has 1 aromatic carbocycles. The van der Waals surface area contributed by atoms with Crippen LogP contribution in [-0.2, 0) is 9.53 Å². The Bertz CT molecular complexity index is 674. The van der Waals surface area contributed by atoms with Crippen LogP contribution in [0.5, 0.6) is 0 Å². The monoisotopic (exact) mass is 333 g/mol. The van der Waals surface area contributed by atoms with Crippen LogP contribution in [0, 0.1) is 0 Å². The fourth-order valence-electron chi connectivity index (χ4n) is 2.81. The number of para-hydroxylation sites is 1. The minimum Gasteiger partial charge on any atom is -0.453 e. The molecule has 1 saturated heterocycles. The lowest BCUT2D eigenvalue weighted by atomic mass is 9.97. The van der Waals surface area contributed by atoms with E-state index in [1.165, 1.54) is 16.8 Å². The third-order valence-electron chi connectivity index (χ3n) is 4.04. The summed E-state index contributed by atoms with van der Waals surface area (Å²) >= 11 is 1.76. The lowest BCUT2D eigenvalue weighted by Gasteiger charge is -2.30. The SMILES string of the molecule is COC(=O)NC(=O)CN1CCC(c2nc3ccccc3s2)CC1. The zero-order valence-electron chi connectivity index (χ0n) is 12.9. The Morgan fingerprint density at radius 2 is 2.09 bits per heavy atom. The Labute approximate surface area is 138 Å². The van der Waals surface area contributed by atoms with Gasteiger partial charge in [0.2, 0.25) is 5.91 Å². The molecule has 0 aliphatic carbocycles. The number of alkyl carbamates (subject to hydrolysis) is 1. The van der Waals surface area contributed by atoms with E-state index in [0.717, 1.165) is 31.4 Å². The quantitative estimate of drug-likeness (QED) is 0.933. The van der Waals surface area contributed by atoms with Gasteiger partial charge in [-0.25, -0.2) is 9.78 Å². The zero-order chi connectivity index (χ0) is 16.2. The van der Waals surface area contributed by atoms with Crippen LogP contribution in [0.2, 0.25) is 0 Å². The van der Waals surface area contributed by atoms with E-state index < -0.39 is 6.09 Å². The number of rotatable bonds is 3. The summed E-state index contributed by atoms with van der Waals surface area (Å²) in [6, 6.07) is 8.19. The van der Waals surface area contributed by atoms with Crippen molar-refractivity contribution in [2.24, 2.45) is 0 Å². The van der Waals surface area contributed by atoms with E-state index in [0.29, 0.717) is 5.92 Å². The van der Waals surface area contributed by atoms with Crippen molar-refractivity contribution in [3.8, 4) is 0 Å². The number of imide groups is 1. The van der Waals surface area contributed by atoms with E-state index in [4.69, 9.17) is 4.98 Å². The van der Waals surface area contributed by atoms with E-state index in [1.807, 2.05) is 18.2 Å². The third kappa shape index (κ3) is 3.86. The van der Waals surface area contributed by atoms with Gasteiger partial charge in [0, 0.05) is 5.92 Å². The Morgan fingerprint density at radius 3 is 2.78 bits per heavy atom. The van der Waals surface area contributed by atoms with E-state index in [-0.39, 0.29) is 12.5 Å². The first-order valence-electron chi connectivity index (χ1n) is 7.61. The molecule has 122 valence electrons. The predicted molar refractivity (Wildman–Crippen MR) is 88.6 cm³/mol. The van der Waals surface area contributed by atoms with Crippen molar-refractivity contribution in [2.45, 2.75) is 18.8 Å². The van der Waals surface area contributed by atoms with E-state index >= 15 is 0 Å². The molecule has 1 fully saturated rings. The number of thiazole rings is 1. The number of piperidine rings is 1. The Hall–Kier alpha value is -1.99. The minimum atomic E-state index is -0.709. The van der Waals surface area contributed by atoms with Gasteiger partial charge in [-0.15, -0.1) is 11.3 Å². The predicted octanol–water partition coefficient (Wildman–Crippen LogP) is 2.36. The largest absolute Gasteiger partial charge is 0.453 e. The smallest absolute Gasteiger partial charge is 0.413 e. The molecule has 1 aliphatic heterocycles. The fraction of sp³-hybridized carbons (Fsp3) is 0.438. The maximum absolute atomic E-state index is 11.7. The Kier molecular flexibility index (Phi) is 4.88. The van der Waals surface area contributed by atoms with Crippen molar-refractivity contribution >= 4 is 33.6 Å². The summed E-state index contributed by atoms with van der Waals surface area (Å²) in [5.74, 6) is 0.127. The van der Waals surface area contributed by atoms with Crippen LogP contribution in [-0.4, -0.2) is 48.6 Å². The number of amides is 2. The normalized spacial score (nSPS) is 16.4. The summed E-state index contributed by atoms with van der Waals surface area (Å²) in [4.78, 5) is 29.5. The van der Waals surface area contributed by atoms with Gasteiger partial charge in [0.05, 0.1) is 28.9 Å². The number of benzene rings is 1. The third-order valence-corrected chi connectivity index (χ3v) is 5.24. The average molecular weight is 333 g/mol. The lowest BCUT2D eigenvalue weighted by molar-refractivity contribution is -0.121. The highest BCUT2D eigenvalue weighted by molar-refractivity contribution is 7.18. The number of carbonyl (C=O) groups is 2. The van der Waals surface area contributed by atoms with Crippen molar-refractivity contribution in [1.29, 1.82) is 0 Å². The molecule has 0 unspecified atom stereocenters. The van der Waals surface area contributed by atoms with Crippen molar-refractivity contribution < 1.29 is 14.3 Å². The molecule has 1 aliphatic rings. The van der Waals surface area contributed by atoms with Crippen LogP contribution in [0.1, 0.15) is 23.8 Å². The number of carbonyl (C=O) groups excluding carboxylic acids is 2. The first-order valence-corrected chi connectivity index (χ1v) is 8.43. The molecule has 2 amide bonds. The summed E-state index contributed by atoms with van der Waals surface area (Å²) in [5, 5.41) is 3.37. The van der Waals surface area contributed by atoms with E-state index in [2.05, 4.69) is 21.0 Å². The zero-order valence-corrected chi connectivity index (χ0v) is 13.8.